The molecule has 0 heterocycles. The predicted octanol–water partition coefficient (Wildman–Crippen LogP) is 3.29. The van der Waals surface area contributed by atoms with Gasteiger partial charge in [-0.15, -0.1) is 30.4 Å². The number of terminal acetylenes is 1. The van der Waals surface area contributed by atoms with Gasteiger partial charge < -0.3 is 16.0 Å². The quantitative estimate of drug-likeness (QED) is 0.249. The molecule has 0 aliphatic rings. The molecule has 0 atom stereocenters. The number of nitrogens with zero attached hydrogens (tertiary/aromatic N) is 1. The molecule has 2 aromatic carbocycles. The Morgan fingerprint density at radius 2 is 1.96 bits per heavy atom. The van der Waals surface area contributed by atoms with Crippen LogP contribution in [0.5, 0.6) is 0 Å². The Bertz CT molecular complexity index is 833. The van der Waals surface area contributed by atoms with Crippen molar-refractivity contribution in [3.05, 3.63) is 64.7 Å². The summed E-state index contributed by atoms with van der Waals surface area (Å²) in [5.74, 6) is 2.89. The third-order valence-corrected chi connectivity index (χ3v) is 3.97. The molecule has 0 saturated heterocycles. The lowest BCUT2D eigenvalue weighted by molar-refractivity contribution is -0.115. The highest BCUT2D eigenvalue weighted by Gasteiger charge is 2.05. The second-order valence-electron chi connectivity index (χ2n) is 5.47. The van der Waals surface area contributed by atoms with E-state index in [1.807, 2.05) is 24.3 Å². The Morgan fingerprint density at radius 1 is 1.19 bits per heavy atom. The number of nitrogens with one attached hydrogen (secondary N) is 3. The average Bonchev–Trinajstić information content (AvgIpc) is 2.66. The van der Waals surface area contributed by atoms with Crippen LogP contribution in [-0.2, 0) is 11.2 Å². The maximum atomic E-state index is 12.0. The van der Waals surface area contributed by atoms with Gasteiger partial charge in [-0.3, -0.25) is 9.79 Å². The minimum Gasteiger partial charge on any atom is -0.356 e. The fourth-order valence-corrected chi connectivity index (χ4v) is 2.52. The molecule has 0 spiro atoms. The zero-order chi connectivity index (χ0) is 18.8. The fraction of sp³-hybridized carbons (Fsp3) is 0.200. The molecule has 5 nitrogen and oxygen atoms in total. The van der Waals surface area contributed by atoms with Crippen molar-refractivity contribution in [3.8, 4) is 12.3 Å². The largest absolute Gasteiger partial charge is 0.356 e. The van der Waals surface area contributed by atoms with Gasteiger partial charge in [0.1, 0.15) is 0 Å². The first-order valence-corrected chi connectivity index (χ1v) is 8.54. The summed E-state index contributed by atoms with van der Waals surface area (Å²) in [6, 6.07) is 14.8. The van der Waals surface area contributed by atoms with Crippen LogP contribution >= 0.6 is 35.6 Å². The van der Waals surface area contributed by atoms with Crippen LogP contribution in [0.25, 0.3) is 0 Å². The Hall–Kier alpha value is -2.24. The summed E-state index contributed by atoms with van der Waals surface area (Å²) >= 11 is 6.14. The molecule has 0 saturated carbocycles. The molecule has 3 N–H and O–H groups in total. The van der Waals surface area contributed by atoms with E-state index in [-0.39, 0.29) is 36.4 Å². The Labute approximate surface area is 182 Å². The van der Waals surface area contributed by atoms with E-state index < -0.39 is 0 Å². The first kappa shape index (κ1) is 22.8. The van der Waals surface area contributed by atoms with Crippen LogP contribution in [0.3, 0.4) is 0 Å². The van der Waals surface area contributed by atoms with E-state index in [0.717, 1.165) is 17.0 Å². The van der Waals surface area contributed by atoms with Crippen molar-refractivity contribution in [2.75, 3.05) is 25.5 Å². The highest BCUT2D eigenvalue weighted by molar-refractivity contribution is 14.0. The van der Waals surface area contributed by atoms with Gasteiger partial charge in [-0.1, -0.05) is 41.8 Å². The number of hydrogen-bond acceptors (Lipinski definition) is 2. The van der Waals surface area contributed by atoms with Crippen LogP contribution in [0.4, 0.5) is 5.69 Å². The molecule has 2 aromatic rings. The number of benzene rings is 2. The van der Waals surface area contributed by atoms with Crippen LogP contribution in [0.1, 0.15) is 11.1 Å². The van der Waals surface area contributed by atoms with Gasteiger partial charge in [0.2, 0.25) is 5.91 Å². The van der Waals surface area contributed by atoms with E-state index in [1.54, 1.807) is 31.3 Å². The molecular formula is C20H22ClIN4O. The van der Waals surface area contributed by atoms with Crippen molar-refractivity contribution in [1.82, 2.24) is 10.6 Å². The van der Waals surface area contributed by atoms with E-state index >= 15 is 0 Å². The molecule has 0 unspecified atom stereocenters. The molecule has 0 aliphatic carbocycles. The number of carbonyl (C=O) groups is 1. The van der Waals surface area contributed by atoms with Crippen molar-refractivity contribution >= 4 is 53.1 Å². The highest BCUT2D eigenvalue weighted by Crippen LogP contribution is 2.14. The van der Waals surface area contributed by atoms with Crippen molar-refractivity contribution in [2.45, 2.75) is 6.42 Å². The van der Waals surface area contributed by atoms with Crippen LogP contribution in [-0.4, -0.2) is 32.0 Å². The zero-order valence-corrected chi connectivity index (χ0v) is 18.0. The number of halogens is 2. The van der Waals surface area contributed by atoms with Gasteiger partial charge in [0.25, 0.3) is 0 Å². The molecule has 2 rings (SSSR count). The zero-order valence-electron chi connectivity index (χ0n) is 15.0. The number of hydrogen-bond donors (Lipinski definition) is 3. The predicted molar refractivity (Wildman–Crippen MR) is 123 cm³/mol. The Kier molecular flexibility index (Phi) is 10.3. The number of carbonyl (C=O) groups excluding carboxylic acids is 1. The summed E-state index contributed by atoms with van der Waals surface area (Å²) < 4.78 is 0. The van der Waals surface area contributed by atoms with Gasteiger partial charge in [0.15, 0.2) is 5.96 Å². The first-order valence-electron chi connectivity index (χ1n) is 8.17. The summed E-state index contributed by atoms with van der Waals surface area (Å²) in [6.45, 7) is 0.737. The smallest absolute Gasteiger partial charge is 0.243 e. The lowest BCUT2D eigenvalue weighted by Gasteiger charge is -2.12. The van der Waals surface area contributed by atoms with Crippen molar-refractivity contribution in [1.29, 1.82) is 0 Å². The molecule has 27 heavy (non-hydrogen) atoms. The Morgan fingerprint density at radius 3 is 2.67 bits per heavy atom. The summed E-state index contributed by atoms with van der Waals surface area (Å²) in [7, 11) is 1.65. The minimum absolute atomic E-state index is 0. The van der Waals surface area contributed by atoms with Crippen LogP contribution in [0.15, 0.2) is 53.5 Å². The molecule has 0 aromatic heterocycles. The molecular weight excluding hydrogens is 475 g/mol. The number of aliphatic imine (C=N–C) groups is 1. The number of guanidine groups is 1. The third kappa shape index (κ3) is 7.89. The number of anilines is 1. The van der Waals surface area contributed by atoms with Gasteiger partial charge >= 0.3 is 0 Å². The van der Waals surface area contributed by atoms with Crippen LogP contribution in [0.2, 0.25) is 5.02 Å². The second-order valence-corrected chi connectivity index (χ2v) is 5.87. The first-order chi connectivity index (χ1) is 12.6. The molecule has 7 heteroatoms. The molecule has 142 valence electrons. The van der Waals surface area contributed by atoms with Gasteiger partial charge in [0.05, 0.1) is 6.54 Å². The average molecular weight is 497 g/mol. The van der Waals surface area contributed by atoms with Gasteiger partial charge in [-0.05, 0) is 36.2 Å². The lowest BCUT2D eigenvalue weighted by Crippen LogP contribution is -2.42. The van der Waals surface area contributed by atoms with Gasteiger partial charge in [-0.2, -0.15) is 0 Å². The van der Waals surface area contributed by atoms with E-state index in [0.29, 0.717) is 23.8 Å². The lowest BCUT2D eigenvalue weighted by atomic mass is 10.1. The summed E-state index contributed by atoms with van der Waals surface area (Å²) in [5.41, 5.74) is 2.44. The van der Waals surface area contributed by atoms with Crippen molar-refractivity contribution in [2.24, 2.45) is 4.99 Å². The SMILES string of the molecule is C#Cc1cccc(NC(=O)CNC(=NC)NCCc2ccccc2Cl)c1.I. The normalized spacial score (nSPS) is 10.3. The van der Waals surface area contributed by atoms with Crippen LogP contribution < -0.4 is 16.0 Å². The molecule has 0 fully saturated rings. The van der Waals surface area contributed by atoms with E-state index in [1.165, 1.54) is 0 Å². The van der Waals surface area contributed by atoms with E-state index in [4.69, 9.17) is 18.0 Å². The molecule has 0 aliphatic heterocycles. The standard InChI is InChI=1S/C20H21ClN4O.HI/c1-3-15-7-6-9-17(13-15)25-19(26)14-24-20(22-2)23-12-11-16-8-4-5-10-18(16)21;/h1,4-10,13H,11-12,14H2,2H3,(H,25,26)(H2,22,23,24);1H. The summed E-state index contributed by atoms with van der Waals surface area (Å²) in [6.07, 6.45) is 6.11. The highest BCUT2D eigenvalue weighted by atomic mass is 127. The van der Waals surface area contributed by atoms with Crippen molar-refractivity contribution < 1.29 is 4.79 Å². The Balaban J connectivity index is 0.00000364. The minimum atomic E-state index is -0.187. The maximum Gasteiger partial charge on any atom is 0.243 e. The van der Waals surface area contributed by atoms with E-state index in [9.17, 15) is 4.79 Å². The van der Waals surface area contributed by atoms with Crippen LogP contribution in [0, 0.1) is 12.3 Å². The topological polar surface area (TPSA) is 65.5 Å². The van der Waals surface area contributed by atoms with Gasteiger partial charge in [0, 0.05) is 29.9 Å². The number of rotatable bonds is 6. The van der Waals surface area contributed by atoms with Crippen molar-refractivity contribution in [3.63, 3.8) is 0 Å². The summed E-state index contributed by atoms with van der Waals surface area (Å²) in [5, 5.41) is 9.66. The van der Waals surface area contributed by atoms with Gasteiger partial charge in [-0.25, -0.2) is 0 Å². The molecule has 0 radical (unpaired) electrons. The summed E-state index contributed by atoms with van der Waals surface area (Å²) in [4.78, 5) is 16.1. The maximum absolute atomic E-state index is 12.0. The molecule has 0 bridgehead atoms. The number of amides is 1. The third-order valence-electron chi connectivity index (χ3n) is 3.60. The second kappa shape index (κ2) is 12.2. The monoisotopic (exact) mass is 496 g/mol. The fourth-order valence-electron chi connectivity index (χ4n) is 2.29. The van der Waals surface area contributed by atoms with E-state index in [2.05, 4.69) is 26.9 Å². The molecule has 1 amide bonds.